The van der Waals surface area contributed by atoms with Crippen LogP contribution >= 0.6 is 34.5 Å². The first kappa shape index (κ1) is 22.9. The highest BCUT2D eigenvalue weighted by atomic mass is 35.5. The number of allylic oxidation sites excluding steroid dienone is 1. The van der Waals surface area contributed by atoms with Gasteiger partial charge in [-0.2, -0.15) is 0 Å². The van der Waals surface area contributed by atoms with Crippen molar-refractivity contribution in [1.82, 2.24) is 4.57 Å². The van der Waals surface area contributed by atoms with E-state index >= 15 is 0 Å². The van der Waals surface area contributed by atoms with Gasteiger partial charge in [0.2, 0.25) is 0 Å². The van der Waals surface area contributed by atoms with Gasteiger partial charge >= 0.3 is 0 Å². The fourth-order valence-electron chi connectivity index (χ4n) is 4.90. The highest BCUT2D eigenvalue weighted by Gasteiger charge is 2.33. The molecule has 2 aliphatic rings. The first-order valence-electron chi connectivity index (χ1n) is 11.2. The number of nitro groups is 1. The van der Waals surface area contributed by atoms with Crippen molar-refractivity contribution in [2.75, 3.05) is 0 Å². The lowest BCUT2D eigenvalue weighted by atomic mass is 9.83. The van der Waals surface area contributed by atoms with Gasteiger partial charge in [0.15, 0.2) is 4.80 Å². The van der Waals surface area contributed by atoms with Crippen molar-refractivity contribution in [2.24, 2.45) is 4.99 Å². The summed E-state index contributed by atoms with van der Waals surface area (Å²) in [6, 6.07) is 19.4. The number of hydrogen-bond donors (Lipinski definition) is 0. The van der Waals surface area contributed by atoms with Crippen molar-refractivity contribution >= 4 is 52.0 Å². The summed E-state index contributed by atoms with van der Waals surface area (Å²) in [6.07, 6.45) is 3.23. The molecule has 0 bridgehead atoms. The van der Waals surface area contributed by atoms with Crippen LogP contribution in [0.25, 0.3) is 11.8 Å². The number of aryl methyl sites for hydroxylation is 1. The van der Waals surface area contributed by atoms with Crippen LogP contribution < -0.4 is 14.9 Å². The number of thiazole rings is 1. The monoisotopic (exact) mass is 533 g/mol. The van der Waals surface area contributed by atoms with Crippen LogP contribution in [0.4, 0.5) is 5.69 Å². The average molecular weight is 534 g/mol. The normalized spacial score (nSPS) is 16.7. The predicted octanol–water partition coefficient (Wildman–Crippen LogP) is 5.53. The molecule has 9 heteroatoms. The minimum atomic E-state index is -0.499. The fraction of sp³-hybridized carbons (Fsp3) is 0.111. The summed E-state index contributed by atoms with van der Waals surface area (Å²) >= 11 is 13.8. The van der Waals surface area contributed by atoms with Crippen molar-refractivity contribution in [3.63, 3.8) is 0 Å². The van der Waals surface area contributed by atoms with Gasteiger partial charge < -0.3 is 0 Å². The van der Waals surface area contributed by atoms with Crippen molar-refractivity contribution in [2.45, 2.75) is 18.9 Å². The summed E-state index contributed by atoms with van der Waals surface area (Å²) in [4.78, 5) is 30.4. The topological polar surface area (TPSA) is 77.5 Å². The van der Waals surface area contributed by atoms with E-state index < -0.39 is 11.0 Å². The molecule has 6 rings (SSSR count). The van der Waals surface area contributed by atoms with Crippen LogP contribution in [0.15, 0.2) is 82.1 Å². The Morgan fingerprint density at radius 1 is 1.06 bits per heavy atom. The lowest BCUT2D eigenvalue weighted by Crippen LogP contribution is -2.38. The Hall–Kier alpha value is -3.52. The molecule has 0 saturated heterocycles. The maximum atomic E-state index is 13.8. The van der Waals surface area contributed by atoms with Crippen molar-refractivity contribution in [1.29, 1.82) is 0 Å². The van der Waals surface area contributed by atoms with Crippen LogP contribution in [0.5, 0.6) is 0 Å². The number of benzene rings is 3. The van der Waals surface area contributed by atoms with Crippen LogP contribution in [0, 0.1) is 10.1 Å². The zero-order chi connectivity index (χ0) is 25.0. The van der Waals surface area contributed by atoms with E-state index in [-0.39, 0.29) is 11.2 Å². The molecular weight excluding hydrogens is 517 g/mol. The smallest absolute Gasteiger partial charge is 0.271 e. The predicted molar refractivity (Wildman–Crippen MR) is 142 cm³/mol. The highest BCUT2D eigenvalue weighted by Crippen LogP contribution is 2.41. The Bertz CT molecular complexity index is 1790. The average Bonchev–Trinajstić information content (AvgIpc) is 3.20. The van der Waals surface area contributed by atoms with Crippen LogP contribution in [-0.4, -0.2) is 9.49 Å². The highest BCUT2D eigenvalue weighted by molar-refractivity contribution is 7.07. The standard InChI is InChI=1S/C27H17Cl2N3O3S/c28-21-10-4-6-16(23(21)29)14-22-26(33)31-25(17-7-3-8-18(13-17)32(34)35)20-12-11-15-5-1-2-9-19(15)24(20)30-27(31)36-22/h1-10,13-14,25H,11-12H2/b22-14+/t25-/m1/s1. The molecule has 1 atom stereocenters. The largest absolute Gasteiger partial charge is 0.272 e. The first-order chi connectivity index (χ1) is 17.4. The van der Waals surface area contributed by atoms with Crippen LogP contribution in [0.1, 0.15) is 34.7 Å². The summed E-state index contributed by atoms with van der Waals surface area (Å²) in [7, 11) is 0. The number of halogens is 2. The molecule has 1 aliphatic heterocycles. The van der Waals surface area contributed by atoms with E-state index in [2.05, 4.69) is 6.07 Å². The second-order valence-corrected chi connectivity index (χ2v) is 10.4. The molecule has 0 saturated carbocycles. The maximum absolute atomic E-state index is 13.8. The Kier molecular flexibility index (Phi) is 5.63. The van der Waals surface area contributed by atoms with Crippen molar-refractivity contribution < 1.29 is 4.92 Å². The minimum Gasteiger partial charge on any atom is -0.272 e. The van der Waals surface area contributed by atoms with E-state index in [1.54, 1.807) is 41.0 Å². The van der Waals surface area contributed by atoms with Gasteiger partial charge in [0.1, 0.15) is 0 Å². The first-order valence-corrected chi connectivity index (χ1v) is 12.8. The van der Waals surface area contributed by atoms with Gasteiger partial charge in [-0.3, -0.25) is 19.5 Å². The molecule has 36 heavy (non-hydrogen) atoms. The number of fused-ring (bicyclic) bond motifs is 3. The molecule has 4 aromatic rings. The molecule has 2 heterocycles. The molecule has 0 fully saturated rings. The summed E-state index contributed by atoms with van der Waals surface area (Å²) in [5.41, 5.74) is 5.12. The SMILES string of the molecule is O=c1/c(=C\c2cccc(Cl)c2Cl)sc2n1[C@H](c1cccc([N+](=O)[O-])c1)C1=C(N=2)c2ccccc2CC1. The van der Waals surface area contributed by atoms with Gasteiger partial charge in [0, 0.05) is 17.7 Å². The Labute approximate surface area is 219 Å². The molecular formula is C27H17Cl2N3O3S. The number of nitrogens with zero attached hydrogens (tertiary/aromatic N) is 3. The summed E-state index contributed by atoms with van der Waals surface area (Å²) in [6.45, 7) is 0. The second-order valence-electron chi connectivity index (χ2n) is 8.61. The third kappa shape index (κ3) is 3.71. The van der Waals surface area contributed by atoms with E-state index in [4.69, 9.17) is 28.2 Å². The van der Waals surface area contributed by atoms with Gasteiger partial charge in [-0.15, -0.1) is 0 Å². The van der Waals surface area contributed by atoms with Crippen molar-refractivity contribution in [3.8, 4) is 0 Å². The van der Waals surface area contributed by atoms with Gasteiger partial charge in [0.25, 0.3) is 11.2 Å². The van der Waals surface area contributed by atoms with Gasteiger partial charge in [-0.25, -0.2) is 4.99 Å². The molecule has 1 aliphatic carbocycles. The van der Waals surface area contributed by atoms with Crippen LogP contribution in [0.3, 0.4) is 0 Å². The molecule has 0 N–H and O–H groups in total. The molecule has 6 nitrogen and oxygen atoms in total. The zero-order valence-corrected chi connectivity index (χ0v) is 21.0. The number of nitro benzene ring substituents is 1. The summed E-state index contributed by atoms with van der Waals surface area (Å²) < 4.78 is 2.11. The number of rotatable bonds is 3. The molecule has 0 unspecified atom stereocenters. The maximum Gasteiger partial charge on any atom is 0.271 e. The van der Waals surface area contributed by atoms with E-state index in [0.29, 0.717) is 36.9 Å². The van der Waals surface area contributed by atoms with Crippen molar-refractivity contribution in [3.05, 3.63) is 134 Å². The van der Waals surface area contributed by atoms with Gasteiger partial charge in [-0.1, -0.05) is 83.1 Å². The van der Waals surface area contributed by atoms with Crippen LogP contribution in [0.2, 0.25) is 10.0 Å². The number of hydrogen-bond acceptors (Lipinski definition) is 5. The number of aromatic nitrogens is 1. The zero-order valence-electron chi connectivity index (χ0n) is 18.7. The van der Waals surface area contributed by atoms with Gasteiger partial charge in [-0.05, 0) is 47.2 Å². The minimum absolute atomic E-state index is 0.0179. The fourth-order valence-corrected chi connectivity index (χ4v) is 6.26. The summed E-state index contributed by atoms with van der Waals surface area (Å²) in [5.74, 6) is 0. The molecule has 1 aromatic heterocycles. The van der Waals surface area contributed by atoms with E-state index in [0.717, 1.165) is 23.3 Å². The Morgan fingerprint density at radius 3 is 2.69 bits per heavy atom. The molecule has 3 aromatic carbocycles. The third-order valence-corrected chi connectivity index (χ3v) is 8.35. The third-order valence-electron chi connectivity index (χ3n) is 6.54. The Morgan fingerprint density at radius 2 is 1.86 bits per heavy atom. The summed E-state index contributed by atoms with van der Waals surface area (Å²) in [5, 5.41) is 12.3. The van der Waals surface area contributed by atoms with E-state index in [9.17, 15) is 14.9 Å². The van der Waals surface area contributed by atoms with E-state index in [1.807, 2.05) is 24.3 Å². The second kappa shape index (κ2) is 8.85. The Balaban J connectivity index is 1.64. The molecule has 0 radical (unpaired) electrons. The van der Waals surface area contributed by atoms with Gasteiger partial charge in [0.05, 0.1) is 31.2 Å². The van der Waals surface area contributed by atoms with E-state index in [1.165, 1.54) is 23.0 Å². The lowest BCUT2D eigenvalue weighted by Gasteiger charge is -2.30. The number of non-ortho nitro benzene ring substituents is 1. The molecule has 0 amide bonds. The lowest BCUT2D eigenvalue weighted by molar-refractivity contribution is -0.384. The van der Waals surface area contributed by atoms with Crippen LogP contribution in [-0.2, 0) is 6.42 Å². The quantitative estimate of drug-likeness (QED) is 0.256. The molecule has 178 valence electrons. The molecule has 0 spiro atoms.